The third-order valence-corrected chi connectivity index (χ3v) is 3.23. The first kappa shape index (κ1) is 15.1. The molecule has 2 rings (SSSR count). The van der Waals surface area contributed by atoms with Gasteiger partial charge in [0, 0.05) is 24.9 Å². The maximum Gasteiger partial charge on any atom is 0.251 e. The molecule has 0 radical (unpaired) electrons. The second-order valence-corrected chi connectivity index (χ2v) is 5.23. The van der Waals surface area contributed by atoms with E-state index >= 15 is 0 Å². The summed E-state index contributed by atoms with van der Waals surface area (Å²) in [6.07, 6.45) is 1.52. The number of nitrogens with zero attached hydrogens (tertiary/aromatic N) is 1. The van der Waals surface area contributed by atoms with Crippen LogP contribution in [0.2, 0.25) is 0 Å². The molecular weight excluding hydrogens is 272 g/mol. The molecule has 0 aliphatic rings. The smallest absolute Gasteiger partial charge is 0.251 e. The molecule has 21 heavy (non-hydrogen) atoms. The van der Waals surface area contributed by atoms with Gasteiger partial charge >= 0.3 is 0 Å². The predicted molar refractivity (Wildman–Crippen MR) is 77.0 cm³/mol. The van der Waals surface area contributed by atoms with Crippen molar-refractivity contribution in [2.24, 2.45) is 7.05 Å². The summed E-state index contributed by atoms with van der Waals surface area (Å²) in [4.78, 5) is 23.5. The second kappa shape index (κ2) is 5.57. The average molecular weight is 290 g/mol. The molecule has 6 nitrogen and oxygen atoms in total. The van der Waals surface area contributed by atoms with E-state index in [1.54, 1.807) is 39.1 Å². The number of aromatic nitrogens is 1. The van der Waals surface area contributed by atoms with E-state index in [0.29, 0.717) is 11.5 Å². The second-order valence-electron chi connectivity index (χ2n) is 5.23. The van der Waals surface area contributed by atoms with Crippen molar-refractivity contribution in [2.45, 2.75) is 19.4 Å². The van der Waals surface area contributed by atoms with Gasteiger partial charge in [-0.3, -0.25) is 9.59 Å². The van der Waals surface area contributed by atoms with Crippen LogP contribution >= 0.6 is 0 Å². The summed E-state index contributed by atoms with van der Waals surface area (Å²) in [6.45, 7) is 3.31. The number of carbonyl (C=O) groups excluding carboxylic acids is 1. The topological polar surface area (TPSA) is 84.5 Å². The molecule has 0 saturated carbocycles. The van der Waals surface area contributed by atoms with Crippen LogP contribution in [0.15, 0.2) is 39.7 Å². The summed E-state index contributed by atoms with van der Waals surface area (Å²) in [6, 6.07) is 6.20. The van der Waals surface area contributed by atoms with Gasteiger partial charge in [-0.2, -0.15) is 0 Å². The van der Waals surface area contributed by atoms with Gasteiger partial charge in [-0.25, -0.2) is 0 Å². The molecular formula is C15H18N2O4. The van der Waals surface area contributed by atoms with Crippen LogP contribution in [-0.2, 0) is 12.6 Å². The third kappa shape index (κ3) is 3.41. The SMILES string of the molecule is Cc1ccc(C(C)(O)CNC(=O)c2ccn(C)c(=O)c2)o1. The molecule has 0 aromatic carbocycles. The molecule has 1 amide bonds. The third-order valence-electron chi connectivity index (χ3n) is 3.23. The monoisotopic (exact) mass is 290 g/mol. The Morgan fingerprint density at radius 3 is 2.71 bits per heavy atom. The Hall–Kier alpha value is -2.34. The van der Waals surface area contributed by atoms with Gasteiger partial charge in [0.15, 0.2) is 0 Å². The number of amides is 1. The molecule has 2 N–H and O–H groups in total. The summed E-state index contributed by atoms with van der Waals surface area (Å²) in [5, 5.41) is 12.9. The summed E-state index contributed by atoms with van der Waals surface area (Å²) < 4.78 is 6.74. The first-order valence-electron chi connectivity index (χ1n) is 6.54. The summed E-state index contributed by atoms with van der Waals surface area (Å²) in [7, 11) is 1.61. The van der Waals surface area contributed by atoms with Crippen molar-refractivity contribution in [1.29, 1.82) is 0 Å². The highest BCUT2D eigenvalue weighted by Crippen LogP contribution is 2.21. The van der Waals surface area contributed by atoms with E-state index in [1.165, 1.54) is 16.8 Å². The lowest BCUT2D eigenvalue weighted by Gasteiger charge is -2.21. The van der Waals surface area contributed by atoms with E-state index in [9.17, 15) is 14.7 Å². The maximum atomic E-state index is 12.0. The molecule has 2 aromatic heterocycles. The Labute approximate surface area is 122 Å². The molecule has 0 saturated heterocycles. The number of pyridine rings is 1. The summed E-state index contributed by atoms with van der Waals surface area (Å²) in [5.41, 5.74) is -1.33. The average Bonchev–Trinajstić information content (AvgIpc) is 2.87. The van der Waals surface area contributed by atoms with E-state index < -0.39 is 11.5 Å². The number of hydrogen-bond acceptors (Lipinski definition) is 4. The molecule has 0 aliphatic heterocycles. The highest BCUT2D eigenvalue weighted by molar-refractivity contribution is 5.94. The maximum absolute atomic E-state index is 12.0. The fourth-order valence-corrected chi connectivity index (χ4v) is 1.86. The molecule has 2 heterocycles. The van der Waals surface area contributed by atoms with Crippen LogP contribution in [-0.4, -0.2) is 22.1 Å². The van der Waals surface area contributed by atoms with Gasteiger partial charge in [-0.1, -0.05) is 0 Å². The van der Waals surface area contributed by atoms with Gasteiger partial charge < -0.3 is 19.4 Å². The summed E-state index contributed by atoms with van der Waals surface area (Å²) in [5.74, 6) is 0.642. The van der Waals surface area contributed by atoms with E-state index in [1.807, 2.05) is 0 Å². The first-order chi connectivity index (χ1) is 9.79. The fraction of sp³-hybridized carbons (Fsp3) is 0.333. The molecule has 1 atom stereocenters. The zero-order valence-corrected chi connectivity index (χ0v) is 12.2. The Kier molecular flexibility index (Phi) is 3.99. The molecule has 0 aliphatic carbocycles. The molecule has 0 fully saturated rings. The molecule has 0 bridgehead atoms. The van der Waals surface area contributed by atoms with E-state index in [0.717, 1.165) is 0 Å². The molecule has 2 aromatic rings. The van der Waals surface area contributed by atoms with Crippen LogP contribution in [0.5, 0.6) is 0 Å². The highest BCUT2D eigenvalue weighted by atomic mass is 16.4. The van der Waals surface area contributed by atoms with Crippen LogP contribution in [0.4, 0.5) is 0 Å². The predicted octanol–water partition coefficient (Wildman–Crippen LogP) is 0.924. The molecule has 112 valence electrons. The number of carbonyl (C=O) groups is 1. The number of aliphatic hydroxyl groups is 1. The van der Waals surface area contributed by atoms with Gasteiger partial charge in [-0.05, 0) is 32.0 Å². The number of rotatable bonds is 4. The lowest BCUT2D eigenvalue weighted by molar-refractivity contribution is 0.0323. The van der Waals surface area contributed by atoms with Crippen molar-refractivity contribution in [3.05, 3.63) is 57.9 Å². The Balaban J connectivity index is 2.06. The first-order valence-corrected chi connectivity index (χ1v) is 6.54. The minimum Gasteiger partial charge on any atom is -0.463 e. The summed E-state index contributed by atoms with van der Waals surface area (Å²) >= 11 is 0. The van der Waals surface area contributed by atoms with Crippen LogP contribution in [0, 0.1) is 6.92 Å². The van der Waals surface area contributed by atoms with Crippen LogP contribution in [0.1, 0.15) is 28.8 Å². The van der Waals surface area contributed by atoms with Gasteiger partial charge in [0.25, 0.3) is 11.5 Å². The van der Waals surface area contributed by atoms with E-state index in [-0.39, 0.29) is 17.7 Å². The highest BCUT2D eigenvalue weighted by Gasteiger charge is 2.27. The van der Waals surface area contributed by atoms with Crippen LogP contribution < -0.4 is 10.9 Å². The zero-order valence-electron chi connectivity index (χ0n) is 12.2. The van der Waals surface area contributed by atoms with Crippen molar-refractivity contribution in [1.82, 2.24) is 9.88 Å². The van der Waals surface area contributed by atoms with Crippen molar-refractivity contribution in [3.8, 4) is 0 Å². The van der Waals surface area contributed by atoms with E-state index in [4.69, 9.17) is 4.42 Å². The minimum absolute atomic E-state index is 0.0198. The number of hydrogen-bond donors (Lipinski definition) is 2. The van der Waals surface area contributed by atoms with Crippen LogP contribution in [0.3, 0.4) is 0 Å². The minimum atomic E-state index is -1.32. The quantitative estimate of drug-likeness (QED) is 0.877. The van der Waals surface area contributed by atoms with Gasteiger partial charge in [0.2, 0.25) is 0 Å². The fourth-order valence-electron chi connectivity index (χ4n) is 1.86. The van der Waals surface area contributed by atoms with Gasteiger partial charge in [0.1, 0.15) is 17.1 Å². The largest absolute Gasteiger partial charge is 0.463 e. The zero-order chi connectivity index (χ0) is 15.6. The number of aryl methyl sites for hydroxylation is 2. The van der Waals surface area contributed by atoms with Crippen molar-refractivity contribution in [3.63, 3.8) is 0 Å². The lowest BCUT2D eigenvalue weighted by atomic mass is 10.0. The van der Waals surface area contributed by atoms with E-state index in [2.05, 4.69) is 5.32 Å². The van der Waals surface area contributed by atoms with Gasteiger partial charge in [0.05, 0.1) is 6.54 Å². The Morgan fingerprint density at radius 2 is 2.14 bits per heavy atom. The molecule has 1 unspecified atom stereocenters. The normalized spacial score (nSPS) is 13.7. The Morgan fingerprint density at radius 1 is 1.43 bits per heavy atom. The van der Waals surface area contributed by atoms with Crippen LogP contribution in [0.25, 0.3) is 0 Å². The standard InChI is InChI=1S/C15H18N2O4/c1-10-4-5-12(21-10)15(2,20)9-16-14(19)11-6-7-17(3)13(18)8-11/h4-8,20H,9H2,1-3H3,(H,16,19). The molecule has 0 spiro atoms. The van der Waals surface area contributed by atoms with Crippen molar-refractivity contribution < 1.29 is 14.3 Å². The lowest BCUT2D eigenvalue weighted by Crippen LogP contribution is -2.38. The van der Waals surface area contributed by atoms with Crippen molar-refractivity contribution >= 4 is 5.91 Å². The number of nitrogens with one attached hydrogen (secondary N) is 1. The number of furan rings is 1. The van der Waals surface area contributed by atoms with Gasteiger partial charge in [-0.15, -0.1) is 0 Å². The van der Waals surface area contributed by atoms with Crippen molar-refractivity contribution in [2.75, 3.05) is 6.54 Å². The Bertz CT molecular complexity index is 712. The molecule has 6 heteroatoms.